The average Bonchev–Trinajstić information content (AvgIpc) is 3.65. The molecule has 0 spiro atoms. The van der Waals surface area contributed by atoms with E-state index in [0.717, 1.165) is 78.4 Å². The van der Waals surface area contributed by atoms with Crippen molar-refractivity contribution in [3.8, 4) is 16.9 Å². The second kappa shape index (κ2) is 12.6. The average molecular weight is 631 g/mol. The van der Waals surface area contributed by atoms with E-state index in [1.54, 1.807) is 6.20 Å². The molecule has 12 heteroatoms. The van der Waals surface area contributed by atoms with Crippen molar-refractivity contribution < 1.29 is 14.3 Å². The molecule has 6 rings (SSSR count). The molecule has 2 aliphatic heterocycles. The topological polar surface area (TPSA) is 112 Å². The number of carbonyl (C=O) groups is 1. The van der Waals surface area contributed by atoms with Gasteiger partial charge in [-0.1, -0.05) is 19.6 Å². The summed E-state index contributed by atoms with van der Waals surface area (Å²) in [6.45, 7) is 13.9. The van der Waals surface area contributed by atoms with Gasteiger partial charge in [0.25, 0.3) is 0 Å². The van der Waals surface area contributed by atoms with E-state index in [2.05, 4.69) is 52.4 Å². The normalized spacial score (nSPS) is 20.4. The minimum absolute atomic E-state index is 0.176. The maximum absolute atomic E-state index is 13.0. The summed E-state index contributed by atoms with van der Waals surface area (Å²) >= 11 is 0. The molecule has 1 unspecified atom stereocenters. The predicted octanol–water partition coefficient (Wildman–Crippen LogP) is 6.72. The van der Waals surface area contributed by atoms with E-state index in [1.165, 1.54) is 0 Å². The Morgan fingerprint density at radius 1 is 1.04 bits per heavy atom. The lowest BCUT2D eigenvalue weighted by Crippen LogP contribution is -2.58. The largest absolute Gasteiger partial charge is 0.444 e. The Balaban J connectivity index is 1.19. The van der Waals surface area contributed by atoms with Crippen molar-refractivity contribution in [2.45, 2.75) is 109 Å². The number of piperidine rings is 2. The SMILES string of the molecule is CC(C)(C)OC(=O)N1[C@@H]2CCC[C@H]1CC(Nc1ccc(-c3ccc(-n4cccn4)c4c3cnn4COCC[Si](C)(C)C)nn1)C2. The molecule has 0 aliphatic carbocycles. The van der Waals surface area contributed by atoms with Crippen LogP contribution in [0, 0.1) is 0 Å². The van der Waals surface area contributed by atoms with Gasteiger partial charge in [0.05, 0.1) is 23.1 Å². The van der Waals surface area contributed by atoms with Crippen LogP contribution >= 0.6 is 0 Å². The molecule has 240 valence electrons. The predicted molar refractivity (Wildman–Crippen MR) is 178 cm³/mol. The van der Waals surface area contributed by atoms with Gasteiger partial charge >= 0.3 is 6.09 Å². The lowest BCUT2D eigenvalue weighted by molar-refractivity contribution is -0.0199. The van der Waals surface area contributed by atoms with Crippen LogP contribution in [0.4, 0.5) is 10.6 Å². The zero-order valence-electron chi connectivity index (χ0n) is 27.4. The van der Waals surface area contributed by atoms with Crippen LogP contribution in [0.25, 0.3) is 27.8 Å². The summed E-state index contributed by atoms with van der Waals surface area (Å²) in [7, 11) is -1.19. The Morgan fingerprint density at radius 2 is 1.82 bits per heavy atom. The molecule has 1 amide bonds. The maximum atomic E-state index is 13.0. The number of nitrogens with one attached hydrogen (secondary N) is 1. The molecule has 2 aliphatic rings. The summed E-state index contributed by atoms with van der Waals surface area (Å²) in [5.41, 5.74) is 3.10. The molecular weight excluding hydrogens is 585 g/mol. The number of hydrogen-bond donors (Lipinski definition) is 1. The summed E-state index contributed by atoms with van der Waals surface area (Å²) in [6.07, 6.45) is 10.3. The third-order valence-electron chi connectivity index (χ3n) is 8.61. The first kappa shape index (κ1) is 31.2. The molecule has 3 atom stereocenters. The van der Waals surface area contributed by atoms with Crippen LogP contribution in [0.3, 0.4) is 0 Å². The Kier molecular flexibility index (Phi) is 8.71. The van der Waals surface area contributed by atoms with Crippen LogP contribution in [0.1, 0.15) is 52.9 Å². The highest BCUT2D eigenvalue weighted by Crippen LogP contribution is 2.37. The molecule has 4 aromatic rings. The number of anilines is 1. The van der Waals surface area contributed by atoms with Gasteiger partial charge in [-0.15, -0.1) is 10.2 Å². The number of fused-ring (bicyclic) bond motifs is 3. The van der Waals surface area contributed by atoms with E-state index >= 15 is 0 Å². The van der Waals surface area contributed by atoms with Crippen LogP contribution in [0.2, 0.25) is 25.7 Å². The zero-order chi connectivity index (χ0) is 31.8. The number of nitrogens with zero attached hydrogens (tertiary/aromatic N) is 7. The molecule has 2 saturated heterocycles. The van der Waals surface area contributed by atoms with Crippen molar-refractivity contribution in [1.29, 1.82) is 0 Å². The summed E-state index contributed by atoms with van der Waals surface area (Å²) in [5, 5.41) is 23.0. The highest BCUT2D eigenvalue weighted by atomic mass is 28.3. The van der Waals surface area contributed by atoms with Crippen molar-refractivity contribution in [2.24, 2.45) is 0 Å². The molecule has 3 aromatic heterocycles. The Bertz CT molecular complexity index is 1590. The minimum atomic E-state index is -1.19. The van der Waals surface area contributed by atoms with Gasteiger partial charge in [-0.25, -0.2) is 14.2 Å². The zero-order valence-corrected chi connectivity index (χ0v) is 28.4. The van der Waals surface area contributed by atoms with Gasteiger partial charge in [-0.3, -0.25) is 0 Å². The molecule has 45 heavy (non-hydrogen) atoms. The first-order valence-electron chi connectivity index (χ1n) is 16.1. The molecule has 0 saturated carbocycles. The number of carbonyl (C=O) groups excluding carboxylic acids is 1. The number of amides is 1. The smallest absolute Gasteiger partial charge is 0.410 e. The maximum Gasteiger partial charge on any atom is 0.410 e. The highest BCUT2D eigenvalue weighted by molar-refractivity contribution is 6.76. The lowest BCUT2D eigenvalue weighted by Gasteiger charge is -2.48. The number of benzene rings is 1. The van der Waals surface area contributed by atoms with Gasteiger partial charge in [0, 0.05) is 56.1 Å². The Hall–Kier alpha value is -3.77. The molecule has 11 nitrogen and oxygen atoms in total. The fraction of sp³-hybridized carbons (Fsp3) is 0.545. The lowest BCUT2D eigenvalue weighted by atomic mass is 9.82. The first-order chi connectivity index (χ1) is 21.4. The fourth-order valence-electron chi connectivity index (χ4n) is 6.50. The van der Waals surface area contributed by atoms with Crippen molar-refractivity contribution in [3.63, 3.8) is 0 Å². The molecule has 2 bridgehead atoms. The molecule has 0 radical (unpaired) electrons. The van der Waals surface area contributed by atoms with E-state index in [1.807, 2.05) is 65.6 Å². The summed E-state index contributed by atoms with van der Waals surface area (Å²) in [6, 6.07) is 11.7. The monoisotopic (exact) mass is 630 g/mol. The molecule has 1 aromatic carbocycles. The van der Waals surface area contributed by atoms with E-state index in [-0.39, 0.29) is 24.2 Å². The summed E-state index contributed by atoms with van der Waals surface area (Å²) in [5.74, 6) is 0.739. The van der Waals surface area contributed by atoms with Gasteiger partial charge < -0.3 is 19.7 Å². The molecular formula is C33H46N8O3Si. The number of aromatic nitrogens is 6. The van der Waals surface area contributed by atoms with Crippen molar-refractivity contribution in [3.05, 3.63) is 48.9 Å². The van der Waals surface area contributed by atoms with Gasteiger partial charge in [0.2, 0.25) is 0 Å². The minimum Gasteiger partial charge on any atom is -0.444 e. The fourth-order valence-corrected chi connectivity index (χ4v) is 7.26. The molecule has 5 heterocycles. The van der Waals surface area contributed by atoms with E-state index in [0.29, 0.717) is 6.73 Å². The van der Waals surface area contributed by atoms with Crippen LogP contribution < -0.4 is 5.32 Å². The number of ether oxygens (including phenoxy) is 2. The Labute approximate surface area is 266 Å². The van der Waals surface area contributed by atoms with Crippen molar-refractivity contribution in [1.82, 2.24) is 34.7 Å². The van der Waals surface area contributed by atoms with Gasteiger partial charge in [-0.2, -0.15) is 10.2 Å². The highest BCUT2D eigenvalue weighted by Gasteiger charge is 2.42. The van der Waals surface area contributed by atoms with E-state index < -0.39 is 13.7 Å². The van der Waals surface area contributed by atoms with Crippen molar-refractivity contribution >= 4 is 30.9 Å². The summed E-state index contributed by atoms with van der Waals surface area (Å²) < 4.78 is 15.6. The second-order valence-electron chi connectivity index (χ2n) is 14.6. The quantitative estimate of drug-likeness (QED) is 0.160. The van der Waals surface area contributed by atoms with Crippen LogP contribution in [-0.4, -0.2) is 79.2 Å². The van der Waals surface area contributed by atoms with Gasteiger partial charge in [-0.05, 0) is 89.3 Å². The van der Waals surface area contributed by atoms with Crippen LogP contribution in [-0.2, 0) is 16.2 Å². The molecule has 2 fully saturated rings. The Morgan fingerprint density at radius 3 is 2.47 bits per heavy atom. The van der Waals surface area contributed by atoms with Gasteiger partial charge in [0.15, 0.2) is 0 Å². The first-order valence-corrected chi connectivity index (χ1v) is 19.8. The molecule has 1 N–H and O–H groups in total. The third kappa shape index (κ3) is 7.22. The number of hydrogen-bond acceptors (Lipinski definition) is 8. The van der Waals surface area contributed by atoms with E-state index in [9.17, 15) is 4.79 Å². The third-order valence-corrected chi connectivity index (χ3v) is 10.3. The van der Waals surface area contributed by atoms with Crippen LogP contribution in [0.15, 0.2) is 48.9 Å². The number of rotatable bonds is 9. The van der Waals surface area contributed by atoms with E-state index in [4.69, 9.17) is 14.6 Å². The van der Waals surface area contributed by atoms with Crippen molar-refractivity contribution in [2.75, 3.05) is 11.9 Å². The second-order valence-corrected chi connectivity index (χ2v) is 20.2. The standard InChI is InChI=1S/C33H46N8O3Si/c1-33(2,3)44-32(42)41-24-9-7-10-25(41)20-23(19-24)36-30-14-12-28(37-38-30)26-11-13-29(39-16-8-15-34-39)31-27(26)21-35-40(31)22-43-17-18-45(4,5)6/h8,11-16,21,23-25H,7,9-10,17-20,22H2,1-6H3,(H,36,38)/t23?,24-,25+. The summed E-state index contributed by atoms with van der Waals surface area (Å²) in [4.78, 5) is 15.0. The van der Waals surface area contributed by atoms with Gasteiger partial charge in [0.1, 0.15) is 18.1 Å². The van der Waals surface area contributed by atoms with Crippen LogP contribution in [0.5, 0.6) is 0 Å².